The monoisotopic (exact) mass is 295 g/mol. The van der Waals surface area contributed by atoms with E-state index in [1.54, 1.807) is 6.07 Å². The van der Waals surface area contributed by atoms with Gasteiger partial charge in [0.15, 0.2) is 0 Å². The number of carbonyl (C=O) groups excluding carboxylic acids is 1. The lowest BCUT2D eigenvalue weighted by Crippen LogP contribution is -2.38. The van der Waals surface area contributed by atoms with E-state index in [9.17, 15) is 14.9 Å². The number of nitro groups is 1. The number of benzene rings is 1. The highest BCUT2D eigenvalue weighted by Gasteiger charge is 2.43. The number of rotatable bonds is 2. The normalized spacial score (nSPS) is 26.1. The van der Waals surface area contributed by atoms with Crippen molar-refractivity contribution in [1.29, 1.82) is 0 Å². The van der Waals surface area contributed by atoms with Gasteiger partial charge in [-0.3, -0.25) is 19.8 Å². The number of nitrogens with one attached hydrogen (secondary N) is 1. The zero-order valence-electron chi connectivity index (χ0n) is 10.7. The highest BCUT2D eigenvalue weighted by molar-refractivity contribution is 6.30. The number of hydrogen-bond donors (Lipinski definition) is 1. The Morgan fingerprint density at radius 1 is 1.40 bits per heavy atom. The molecule has 3 rings (SSSR count). The molecule has 2 fully saturated rings. The number of carbonyl (C=O) groups is 1. The van der Waals surface area contributed by atoms with E-state index >= 15 is 0 Å². The Bertz CT molecular complexity index is 578. The Hall–Kier alpha value is -1.66. The number of halogens is 1. The zero-order valence-corrected chi connectivity index (χ0v) is 11.5. The predicted octanol–water partition coefficient (Wildman–Crippen LogP) is 2.23. The van der Waals surface area contributed by atoms with Gasteiger partial charge in [-0.15, -0.1) is 0 Å². The minimum atomic E-state index is -0.452. The summed E-state index contributed by atoms with van der Waals surface area (Å²) < 4.78 is 0. The van der Waals surface area contributed by atoms with Gasteiger partial charge in [0.2, 0.25) is 5.91 Å². The molecule has 0 bridgehead atoms. The topological polar surface area (TPSA) is 75.5 Å². The molecular weight excluding hydrogens is 282 g/mol. The Kier molecular flexibility index (Phi) is 3.35. The van der Waals surface area contributed by atoms with Gasteiger partial charge in [0.05, 0.1) is 16.5 Å². The predicted molar refractivity (Wildman–Crippen MR) is 73.3 cm³/mol. The maximum atomic E-state index is 12.0. The quantitative estimate of drug-likeness (QED) is 0.670. The molecule has 0 spiro atoms. The summed E-state index contributed by atoms with van der Waals surface area (Å²) in [5.74, 6) is -0.0519. The molecule has 1 aromatic rings. The van der Waals surface area contributed by atoms with Crippen LogP contribution in [0.3, 0.4) is 0 Å². The molecule has 0 unspecified atom stereocenters. The summed E-state index contributed by atoms with van der Waals surface area (Å²) in [5.41, 5.74) is 0.450. The van der Waals surface area contributed by atoms with E-state index in [0.29, 0.717) is 10.6 Å². The SMILES string of the molecule is O=C1N[C@@H](c2cc(Cl)ccc2[N+](=O)[O-])N2CCCC[C@@H]12. The number of nitro benzene ring substituents is 1. The van der Waals surface area contributed by atoms with Gasteiger partial charge in [-0.25, -0.2) is 0 Å². The van der Waals surface area contributed by atoms with Crippen LogP contribution in [0.25, 0.3) is 0 Å². The minimum Gasteiger partial charge on any atom is -0.335 e. The summed E-state index contributed by atoms with van der Waals surface area (Å²) in [4.78, 5) is 24.7. The molecule has 2 aliphatic rings. The second-order valence-electron chi connectivity index (χ2n) is 5.12. The lowest BCUT2D eigenvalue weighted by molar-refractivity contribution is -0.386. The fourth-order valence-corrected chi connectivity index (χ4v) is 3.21. The molecule has 2 atom stereocenters. The number of hydrogen-bond acceptors (Lipinski definition) is 4. The number of fused-ring (bicyclic) bond motifs is 1. The third-order valence-electron chi connectivity index (χ3n) is 3.94. The molecule has 1 aromatic carbocycles. The number of nitrogens with zero attached hydrogens (tertiary/aromatic N) is 2. The van der Waals surface area contributed by atoms with Gasteiger partial charge in [0.25, 0.3) is 5.69 Å². The van der Waals surface area contributed by atoms with Crippen LogP contribution >= 0.6 is 11.6 Å². The molecule has 2 aliphatic heterocycles. The number of amides is 1. The van der Waals surface area contributed by atoms with Crippen LogP contribution in [-0.4, -0.2) is 28.3 Å². The van der Waals surface area contributed by atoms with Crippen molar-refractivity contribution in [3.63, 3.8) is 0 Å². The molecule has 20 heavy (non-hydrogen) atoms. The molecule has 0 aromatic heterocycles. The maximum Gasteiger partial charge on any atom is 0.276 e. The summed E-state index contributed by atoms with van der Waals surface area (Å²) in [7, 11) is 0. The van der Waals surface area contributed by atoms with Gasteiger partial charge >= 0.3 is 0 Å². The third-order valence-corrected chi connectivity index (χ3v) is 4.17. The Morgan fingerprint density at radius 3 is 2.95 bits per heavy atom. The van der Waals surface area contributed by atoms with Gasteiger partial charge in [-0.1, -0.05) is 18.0 Å². The van der Waals surface area contributed by atoms with E-state index < -0.39 is 11.1 Å². The van der Waals surface area contributed by atoms with E-state index in [4.69, 9.17) is 11.6 Å². The molecule has 7 heteroatoms. The van der Waals surface area contributed by atoms with E-state index in [0.717, 1.165) is 25.8 Å². The molecule has 0 saturated carbocycles. The van der Waals surface area contributed by atoms with Gasteiger partial charge in [0.1, 0.15) is 6.17 Å². The van der Waals surface area contributed by atoms with Gasteiger partial charge < -0.3 is 5.32 Å². The molecule has 2 saturated heterocycles. The first kappa shape index (κ1) is 13.3. The van der Waals surface area contributed by atoms with Gasteiger partial charge in [0, 0.05) is 17.6 Å². The molecular formula is C13H14ClN3O3. The van der Waals surface area contributed by atoms with E-state index in [-0.39, 0.29) is 17.6 Å². The Morgan fingerprint density at radius 2 is 2.20 bits per heavy atom. The average molecular weight is 296 g/mol. The molecule has 1 amide bonds. The first-order valence-electron chi connectivity index (χ1n) is 6.58. The highest BCUT2D eigenvalue weighted by atomic mass is 35.5. The fraction of sp³-hybridized carbons (Fsp3) is 0.462. The molecule has 2 heterocycles. The third kappa shape index (κ3) is 2.14. The van der Waals surface area contributed by atoms with Crippen molar-refractivity contribution in [2.45, 2.75) is 31.5 Å². The van der Waals surface area contributed by atoms with Crippen LogP contribution < -0.4 is 5.32 Å². The summed E-state index contributed by atoms with van der Waals surface area (Å²) in [6, 6.07) is 4.28. The van der Waals surface area contributed by atoms with Crippen LogP contribution in [0.1, 0.15) is 31.0 Å². The van der Waals surface area contributed by atoms with Gasteiger partial charge in [-0.2, -0.15) is 0 Å². The van der Waals surface area contributed by atoms with E-state index in [1.165, 1.54) is 12.1 Å². The number of piperidine rings is 1. The summed E-state index contributed by atoms with van der Waals surface area (Å²) in [6.07, 6.45) is 2.36. The molecule has 0 aliphatic carbocycles. The first-order chi connectivity index (χ1) is 9.58. The van der Waals surface area contributed by atoms with Crippen LogP contribution in [0.2, 0.25) is 5.02 Å². The smallest absolute Gasteiger partial charge is 0.276 e. The summed E-state index contributed by atoms with van der Waals surface area (Å²) in [6.45, 7) is 0.762. The van der Waals surface area contributed by atoms with E-state index in [2.05, 4.69) is 5.32 Å². The second kappa shape index (κ2) is 5.03. The van der Waals surface area contributed by atoms with Crippen LogP contribution in [-0.2, 0) is 4.79 Å². The Balaban J connectivity index is 2.02. The van der Waals surface area contributed by atoms with Gasteiger partial charge in [-0.05, 0) is 25.0 Å². The van der Waals surface area contributed by atoms with Crippen molar-refractivity contribution in [2.24, 2.45) is 0 Å². The summed E-state index contributed by atoms with van der Waals surface area (Å²) in [5, 5.41) is 14.5. The maximum absolute atomic E-state index is 12.0. The molecule has 6 nitrogen and oxygen atoms in total. The van der Waals surface area contributed by atoms with Crippen LogP contribution in [0.4, 0.5) is 5.69 Å². The summed E-state index contributed by atoms with van der Waals surface area (Å²) >= 11 is 5.96. The Labute approximate surface area is 120 Å². The average Bonchev–Trinajstić information content (AvgIpc) is 2.76. The van der Waals surface area contributed by atoms with Crippen molar-refractivity contribution >= 4 is 23.2 Å². The zero-order chi connectivity index (χ0) is 14.3. The molecule has 0 radical (unpaired) electrons. The largest absolute Gasteiger partial charge is 0.335 e. The van der Waals surface area contributed by atoms with Crippen LogP contribution in [0.5, 0.6) is 0 Å². The molecule has 1 N–H and O–H groups in total. The van der Waals surface area contributed by atoms with Crippen molar-refractivity contribution in [3.8, 4) is 0 Å². The highest BCUT2D eigenvalue weighted by Crippen LogP contribution is 2.37. The van der Waals surface area contributed by atoms with E-state index in [1.807, 2.05) is 4.90 Å². The first-order valence-corrected chi connectivity index (χ1v) is 6.95. The van der Waals surface area contributed by atoms with Crippen molar-refractivity contribution in [3.05, 3.63) is 38.9 Å². The van der Waals surface area contributed by atoms with Crippen molar-refractivity contribution in [1.82, 2.24) is 10.2 Å². The standard InChI is InChI=1S/C13H14ClN3O3/c14-8-4-5-10(17(19)20)9(7-8)12-15-13(18)11-3-1-2-6-16(11)12/h4-5,7,11-12H,1-3,6H2,(H,15,18)/t11-,12+/m0/s1. The minimum absolute atomic E-state index is 0.00840. The second-order valence-corrected chi connectivity index (χ2v) is 5.56. The molecule has 106 valence electrons. The lowest BCUT2D eigenvalue weighted by atomic mass is 10.0. The van der Waals surface area contributed by atoms with Crippen molar-refractivity contribution < 1.29 is 9.72 Å². The van der Waals surface area contributed by atoms with Crippen molar-refractivity contribution in [2.75, 3.05) is 6.54 Å². The lowest BCUT2D eigenvalue weighted by Gasteiger charge is -2.31. The fourth-order valence-electron chi connectivity index (χ4n) is 3.03. The van der Waals surface area contributed by atoms with Crippen LogP contribution in [0, 0.1) is 10.1 Å². The van der Waals surface area contributed by atoms with Crippen LogP contribution in [0.15, 0.2) is 18.2 Å².